The molecule has 1 aromatic carbocycles. The molecule has 0 fully saturated rings. The number of hydrogen-bond donors (Lipinski definition) is 1. The van der Waals surface area contributed by atoms with Gasteiger partial charge in [-0.3, -0.25) is 4.79 Å². The third kappa shape index (κ3) is 4.61. The van der Waals surface area contributed by atoms with Gasteiger partial charge in [-0.15, -0.1) is 0 Å². The average Bonchev–Trinajstić information content (AvgIpc) is 2.42. The fourth-order valence-corrected chi connectivity index (χ4v) is 2.67. The maximum absolute atomic E-state index is 11.4. The van der Waals surface area contributed by atoms with Crippen molar-refractivity contribution in [3.63, 3.8) is 0 Å². The zero-order valence-corrected chi connectivity index (χ0v) is 13.9. The molecular formula is C14H20ClNO4S. The van der Waals surface area contributed by atoms with Gasteiger partial charge < -0.3 is 10.5 Å². The highest BCUT2D eigenvalue weighted by atomic mass is 35.7. The molecule has 0 aliphatic heterocycles. The van der Waals surface area contributed by atoms with E-state index in [1.54, 1.807) is 6.92 Å². The van der Waals surface area contributed by atoms with Crippen LogP contribution in [0.1, 0.15) is 45.1 Å². The van der Waals surface area contributed by atoms with E-state index in [9.17, 15) is 13.2 Å². The molecule has 0 aliphatic rings. The van der Waals surface area contributed by atoms with Crippen LogP contribution in [0.3, 0.4) is 0 Å². The Kier molecular flexibility index (Phi) is 6.04. The van der Waals surface area contributed by atoms with Gasteiger partial charge in [0.2, 0.25) is 0 Å². The summed E-state index contributed by atoms with van der Waals surface area (Å²) < 4.78 is 28.5. The molecule has 0 heterocycles. The van der Waals surface area contributed by atoms with E-state index in [1.807, 2.05) is 13.8 Å². The summed E-state index contributed by atoms with van der Waals surface area (Å²) in [6.45, 7) is 5.70. The van der Waals surface area contributed by atoms with Gasteiger partial charge in [0.15, 0.2) is 6.10 Å². The molecule has 0 spiro atoms. The van der Waals surface area contributed by atoms with Gasteiger partial charge in [-0.1, -0.05) is 20.8 Å². The minimum Gasteiger partial charge on any atom is -0.480 e. The van der Waals surface area contributed by atoms with E-state index in [4.69, 9.17) is 21.2 Å². The Morgan fingerprint density at radius 2 is 1.95 bits per heavy atom. The van der Waals surface area contributed by atoms with Gasteiger partial charge in [0.05, 0.1) is 4.90 Å². The zero-order chi connectivity index (χ0) is 16.2. The van der Waals surface area contributed by atoms with Crippen molar-refractivity contribution >= 4 is 25.6 Å². The summed E-state index contributed by atoms with van der Waals surface area (Å²) in [5.41, 5.74) is 5.97. The number of carbonyl (C=O) groups is 1. The molecule has 2 N–H and O–H groups in total. The molecule has 21 heavy (non-hydrogen) atoms. The molecule has 2 unspecified atom stereocenters. The number of primary amides is 1. The Bertz CT molecular complexity index is 615. The lowest BCUT2D eigenvalue weighted by Gasteiger charge is -2.20. The van der Waals surface area contributed by atoms with Gasteiger partial charge in [-0.25, -0.2) is 8.42 Å². The van der Waals surface area contributed by atoms with Crippen LogP contribution in [0.25, 0.3) is 0 Å². The normalized spacial score (nSPS) is 14.5. The molecule has 0 bridgehead atoms. The minimum atomic E-state index is -3.81. The summed E-state index contributed by atoms with van der Waals surface area (Å²) in [5.74, 6) is -0.0375. The SMILES string of the molecule is CCC(Oc1ccc(S(=O)(=O)Cl)cc1C(C)CC)C(N)=O. The summed E-state index contributed by atoms with van der Waals surface area (Å²) in [5, 5.41) is 0. The third-order valence-electron chi connectivity index (χ3n) is 3.36. The first-order valence-corrected chi connectivity index (χ1v) is 9.06. The number of rotatable bonds is 7. The van der Waals surface area contributed by atoms with E-state index in [0.717, 1.165) is 6.42 Å². The highest BCUT2D eigenvalue weighted by Gasteiger charge is 2.21. The Morgan fingerprint density at radius 3 is 2.38 bits per heavy atom. The van der Waals surface area contributed by atoms with E-state index in [2.05, 4.69) is 0 Å². The molecule has 5 nitrogen and oxygen atoms in total. The molecule has 0 saturated carbocycles. The first-order chi connectivity index (χ1) is 9.70. The second kappa shape index (κ2) is 7.13. The summed E-state index contributed by atoms with van der Waals surface area (Å²) >= 11 is 0. The van der Waals surface area contributed by atoms with E-state index in [0.29, 0.717) is 17.7 Å². The fraction of sp³-hybridized carbons (Fsp3) is 0.500. The van der Waals surface area contributed by atoms with Crippen LogP contribution in [-0.2, 0) is 13.8 Å². The average molecular weight is 334 g/mol. The largest absolute Gasteiger partial charge is 0.480 e. The van der Waals surface area contributed by atoms with Crippen molar-refractivity contribution in [2.45, 2.75) is 50.5 Å². The van der Waals surface area contributed by atoms with E-state index in [1.165, 1.54) is 18.2 Å². The summed E-state index contributed by atoms with van der Waals surface area (Å²) in [7, 11) is 1.56. The fourth-order valence-electron chi connectivity index (χ4n) is 1.89. The van der Waals surface area contributed by atoms with Crippen LogP contribution in [0.5, 0.6) is 5.75 Å². The number of carbonyl (C=O) groups excluding carboxylic acids is 1. The van der Waals surface area contributed by atoms with Crippen molar-refractivity contribution in [1.82, 2.24) is 0 Å². The quantitative estimate of drug-likeness (QED) is 0.777. The lowest BCUT2D eigenvalue weighted by atomic mass is 9.97. The molecule has 1 rings (SSSR count). The first kappa shape index (κ1) is 17.8. The number of halogens is 1. The van der Waals surface area contributed by atoms with Gasteiger partial charge in [-0.2, -0.15) is 0 Å². The smallest absolute Gasteiger partial charge is 0.261 e. The van der Waals surface area contributed by atoms with Crippen molar-refractivity contribution in [3.05, 3.63) is 23.8 Å². The number of benzene rings is 1. The highest BCUT2D eigenvalue weighted by molar-refractivity contribution is 8.13. The van der Waals surface area contributed by atoms with Crippen LogP contribution < -0.4 is 10.5 Å². The Morgan fingerprint density at radius 1 is 1.33 bits per heavy atom. The zero-order valence-electron chi connectivity index (χ0n) is 12.3. The summed E-state index contributed by atoms with van der Waals surface area (Å²) in [6.07, 6.45) is 0.478. The Labute approximate surface area is 129 Å². The van der Waals surface area contributed by atoms with Gasteiger partial charge in [-0.05, 0) is 42.5 Å². The highest BCUT2D eigenvalue weighted by Crippen LogP contribution is 2.32. The lowest BCUT2D eigenvalue weighted by Crippen LogP contribution is -2.33. The number of hydrogen-bond acceptors (Lipinski definition) is 4. The molecule has 0 aromatic heterocycles. The van der Waals surface area contributed by atoms with Gasteiger partial charge in [0, 0.05) is 10.7 Å². The number of amides is 1. The summed E-state index contributed by atoms with van der Waals surface area (Å²) in [6, 6.07) is 4.36. The molecule has 0 aliphatic carbocycles. The molecule has 2 atom stereocenters. The van der Waals surface area contributed by atoms with Gasteiger partial charge >= 0.3 is 0 Å². The second-order valence-corrected chi connectivity index (χ2v) is 7.43. The number of ether oxygens (including phenoxy) is 1. The molecule has 1 amide bonds. The van der Waals surface area contributed by atoms with Crippen molar-refractivity contribution in [3.8, 4) is 5.75 Å². The predicted octanol–water partition coefficient (Wildman–Crippen LogP) is 2.77. The Balaban J connectivity index is 3.28. The molecular weight excluding hydrogens is 314 g/mol. The predicted molar refractivity (Wildman–Crippen MR) is 82.1 cm³/mol. The molecule has 118 valence electrons. The molecule has 0 radical (unpaired) electrons. The van der Waals surface area contributed by atoms with Gasteiger partial charge in [0.25, 0.3) is 15.0 Å². The van der Waals surface area contributed by atoms with E-state index >= 15 is 0 Å². The summed E-state index contributed by atoms with van der Waals surface area (Å²) in [4.78, 5) is 11.3. The van der Waals surface area contributed by atoms with Crippen LogP contribution >= 0.6 is 10.7 Å². The van der Waals surface area contributed by atoms with Crippen molar-refractivity contribution < 1.29 is 17.9 Å². The van der Waals surface area contributed by atoms with Crippen LogP contribution in [0.15, 0.2) is 23.1 Å². The van der Waals surface area contributed by atoms with Crippen LogP contribution in [0.2, 0.25) is 0 Å². The van der Waals surface area contributed by atoms with Crippen molar-refractivity contribution in [2.75, 3.05) is 0 Å². The maximum Gasteiger partial charge on any atom is 0.261 e. The van der Waals surface area contributed by atoms with Crippen molar-refractivity contribution in [1.29, 1.82) is 0 Å². The monoisotopic (exact) mass is 333 g/mol. The van der Waals surface area contributed by atoms with E-state index in [-0.39, 0.29) is 10.8 Å². The maximum atomic E-state index is 11.4. The van der Waals surface area contributed by atoms with Gasteiger partial charge in [0.1, 0.15) is 5.75 Å². The standard InChI is InChI=1S/C14H20ClNO4S/c1-4-9(3)11-8-10(21(15,18)19)6-7-13(11)20-12(5-2)14(16)17/h6-9,12H,4-5H2,1-3H3,(H2,16,17). The number of nitrogens with two attached hydrogens (primary N) is 1. The molecule has 7 heteroatoms. The van der Waals surface area contributed by atoms with Crippen LogP contribution in [0.4, 0.5) is 0 Å². The Hall–Kier alpha value is -1.27. The second-order valence-electron chi connectivity index (χ2n) is 4.86. The minimum absolute atomic E-state index is 0.0129. The lowest BCUT2D eigenvalue weighted by molar-refractivity contribution is -0.124. The van der Waals surface area contributed by atoms with Crippen LogP contribution in [-0.4, -0.2) is 20.4 Å². The third-order valence-corrected chi connectivity index (χ3v) is 4.71. The first-order valence-electron chi connectivity index (χ1n) is 6.75. The van der Waals surface area contributed by atoms with Crippen molar-refractivity contribution in [2.24, 2.45) is 5.73 Å². The molecule has 1 aromatic rings. The van der Waals surface area contributed by atoms with Crippen LogP contribution in [0, 0.1) is 0 Å². The topological polar surface area (TPSA) is 86.5 Å². The molecule has 0 saturated heterocycles. The van der Waals surface area contributed by atoms with E-state index < -0.39 is 21.1 Å².